The van der Waals surface area contributed by atoms with Crippen molar-refractivity contribution in [3.63, 3.8) is 0 Å². The molecule has 2 amide bonds. The van der Waals surface area contributed by atoms with Crippen LogP contribution in [0.25, 0.3) is 0 Å². The summed E-state index contributed by atoms with van der Waals surface area (Å²) in [5.41, 5.74) is 3.52. The molecule has 41 heavy (non-hydrogen) atoms. The van der Waals surface area contributed by atoms with Crippen LogP contribution in [0.4, 0.5) is 5.69 Å². The first-order chi connectivity index (χ1) is 19.2. The highest BCUT2D eigenvalue weighted by atomic mass is 35.5. The summed E-state index contributed by atoms with van der Waals surface area (Å²) in [6, 6.07) is 15.7. The Bertz CT molecular complexity index is 1510. The van der Waals surface area contributed by atoms with Crippen molar-refractivity contribution in [3.05, 3.63) is 93.0 Å². The maximum Gasteiger partial charge on any atom is 0.264 e. The summed E-state index contributed by atoms with van der Waals surface area (Å²) in [4.78, 5) is 28.7. The van der Waals surface area contributed by atoms with Crippen molar-refractivity contribution in [3.8, 4) is 0 Å². The Kier molecular flexibility index (Phi) is 10.9. The smallest absolute Gasteiger partial charge is 0.264 e. The number of halogens is 2. The monoisotopic (exact) mass is 617 g/mol. The minimum absolute atomic E-state index is 0.0186. The number of nitrogens with zero attached hydrogens (tertiary/aromatic N) is 2. The van der Waals surface area contributed by atoms with Crippen LogP contribution in [-0.2, 0) is 26.2 Å². The Morgan fingerprint density at radius 1 is 0.902 bits per heavy atom. The number of amides is 2. The zero-order valence-corrected chi connectivity index (χ0v) is 26.6. The van der Waals surface area contributed by atoms with E-state index in [1.165, 1.54) is 17.0 Å². The summed E-state index contributed by atoms with van der Waals surface area (Å²) < 4.78 is 29.2. The van der Waals surface area contributed by atoms with Crippen LogP contribution >= 0.6 is 23.2 Å². The molecule has 0 aliphatic carbocycles. The SMILES string of the molecule is CCC(C)NC(=O)C(C)N(Cc1ccc(Cl)cc1Cl)C(=O)CN(c1ccc(C)cc1C)S(=O)(=O)c1ccc(C)cc1. The summed E-state index contributed by atoms with van der Waals surface area (Å²) in [6.45, 7) is 10.5. The van der Waals surface area contributed by atoms with Crippen LogP contribution in [0.15, 0.2) is 65.6 Å². The molecule has 1 N–H and O–H groups in total. The lowest BCUT2D eigenvalue weighted by molar-refractivity contribution is -0.139. The molecule has 0 bridgehead atoms. The van der Waals surface area contributed by atoms with Gasteiger partial charge in [-0.05, 0) is 82.5 Å². The second-order valence-electron chi connectivity index (χ2n) is 10.4. The number of nitrogens with one attached hydrogen (secondary N) is 1. The molecule has 0 radical (unpaired) electrons. The standard InChI is InChI=1S/C31H37Cl2N3O4S/c1-7-23(5)34-31(38)24(6)35(18-25-11-12-26(32)17-28(25)33)30(37)19-36(29-15-10-21(3)16-22(29)4)41(39,40)27-13-8-20(2)9-14-27/h8-17,23-24H,7,18-19H2,1-6H3,(H,34,38). The summed E-state index contributed by atoms with van der Waals surface area (Å²) in [5.74, 6) is -0.907. The Balaban J connectivity index is 2.08. The molecule has 3 aromatic carbocycles. The van der Waals surface area contributed by atoms with Gasteiger partial charge in [0, 0.05) is 22.6 Å². The highest BCUT2D eigenvalue weighted by Gasteiger charge is 2.33. The van der Waals surface area contributed by atoms with Gasteiger partial charge in [0.25, 0.3) is 10.0 Å². The van der Waals surface area contributed by atoms with Crippen molar-refractivity contribution in [1.29, 1.82) is 0 Å². The Morgan fingerprint density at radius 3 is 2.12 bits per heavy atom. The second kappa shape index (κ2) is 13.7. The molecule has 0 spiro atoms. The highest BCUT2D eigenvalue weighted by Crippen LogP contribution is 2.29. The van der Waals surface area contributed by atoms with Crippen molar-refractivity contribution in [2.75, 3.05) is 10.8 Å². The van der Waals surface area contributed by atoms with Crippen LogP contribution in [0.3, 0.4) is 0 Å². The highest BCUT2D eigenvalue weighted by molar-refractivity contribution is 7.92. The molecule has 0 aliphatic heterocycles. The third-order valence-electron chi connectivity index (χ3n) is 7.03. The van der Waals surface area contributed by atoms with Gasteiger partial charge in [-0.1, -0.05) is 71.6 Å². The summed E-state index contributed by atoms with van der Waals surface area (Å²) in [5, 5.41) is 3.69. The number of hydrogen-bond donors (Lipinski definition) is 1. The lowest BCUT2D eigenvalue weighted by Gasteiger charge is -2.33. The Hall–Kier alpha value is -3.07. The van der Waals surface area contributed by atoms with Crippen molar-refractivity contribution >= 4 is 50.7 Å². The minimum Gasteiger partial charge on any atom is -0.352 e. The van der Waals surface area contributed by atoms with Gasteiger partial charge in [0.2, 0.25) is 11.8 Å². The van der Waals surface area contributed by atoms with Crippen LogP contribution in [0.5, 0.6) is 0 Å². The van der Waals surface area contributed by atoms with Crippen LogP contribution < -0.4 is 9.62 Å². The van der Waals surface area contributed by atoms with Crippen molar-refractivity contribution in [2.45, 2.75) is 71.5 Å². The van der Waals surface area contributed by atoms with Gasteiger partial charge in [0.05, 0.1) is 10.6 Å². The van der Waals surface area contributed by atoms with Gasteiger partial charge in [0.1, 0.15) is 12.6 Å². The van der Waals surface area contributed by atoms with E-state index < -0.39 is 28.5 Å². The molecule has 0 saturated heterocycles. The summed E-state index contributed by atoms with van der Waals surface area (Å²) in [6.07, 6.45) is 0.713. The quantitative estimate of drug-likeness (QED) is 0.268. The van der Waals surface area contributed by atoms with E-state index in [0.717, 1.165) is 15.4 Å². The number of anilines is 1. The van der Waals surface area contributed by atoms with Crippen LogP contribution in [0.1, 0.15) is 49.4 Å². The zero-order valence-electron chi connectivity index (χ0n) is 24.2. The predicted octanol–water partition coefficient (Wildman–Crippen LogP) is 6.45. The summed E-state index contributed by atoms with van der Waals surface area (Å²) in [7, 11) is -4.15. The van der Waals surface area contributed by atoms with Gasteiger partial charge in [-0.2, -0.15) is 0 Å². The van der Waals surface area contributed by atoms with Crippen molar-refractivity contribution in [1.82, 2.24) is 10.2 Å². The van der Waals surface area contributed by atoms with Gasteiger partial charge in [-0.25, -0.2) is 8.42 Å². The van der Waals surface area contributed by atoms with E-state index >= 15 is 0 Å². The van der Waals surface area contributed by atoms with Crippen LogP contribution in [0.2, 0.25) is 10.0 Å². The van der Waals surface area contributed by atoms with E-state index in [-0.39, 0.29) is 23.4 Å². The largest absolute Gasteiger partial charge is 0.352 e. The second-order valence-corrected chi connectivity index (χ2v) is 13.1. The van der Waals surface area contributed by atoms with Crippen molar-refractivity contribution < 1.29 is 18.0 Å². The van der Waals surface area contributed by atoms with Crippen LogP contribution in [-0.4, -0.2) is 43.8 Å². The van der Waals surface area contributed by atoms with E-state index in [1.54, 1.807) is 56.3 Å². The maximum absolute atomic E-state index is 14.1. The zero-order chi connectivity index (χ0) is 30.5. The van der Waals surface area contributed by atoms with E-state index in [9.17, 15) is 18.0 Å². The topological polar surface area (TPSA) is 86.8 Å². The first-order valence-corrected chi connectivity index (χ1v) is 15.6. The molecule has 220 valence electrons. The molecule has 2 atom stereocenters. The average molecular weight is 619 g/mol. The average Bonchev–Trinajstić information content (AvgIpc) is 2.91. The number of carbonyl (C=O) groups is 2. The van der Waals surface area contributed by atoms with E-state index in [0.29, 0.717) is 33.3 Å². The fraction of sp³-hybridized carbons (Fsp3) is 0.355. The van der Waals surface area contributed by atoms with E-state index in [4.69, 9.17) is 23.2 Å². The molecular formula is C31H37Cl2N3O4S. The van der Waals surface area contributed by atoms with Gasteiger partial charge in [-0.3, -0.25) is 13.9 Å². The number of hydrogen-bond acceptors (Lipinski definition) is 4. The van der Waals surface area contributed by atoms with Gasteiger partial charge in [0.15, 0.2) is 0 Å². The molecule has 3 rings (SSSR count). The van der Waals surface area contributed by atoms with Crippen molar-refractivity contribution in [2.24, 2.45) is 0 Å². The molecule has 0 aromatic heterocycles. The number of sulfonamides is 1. The first kappa shape index (κ1) is 32.4. The molecule has 0 fully saturated rings. The number of aryl methyl sites for hydroxylation is 3. The Labute approximate surface area is 253 Å². The molecule has 2 unspecified atom stereocenters. The minimum atomic E-state index is -4.15. The van der Waals surface area contributed by atoms with E-state index in [1.807, 2.05) is 33.8 Å². The van der Waals surface area contributed by atoms with Crippen LogP contribution in [0, 0.1) is 20.8 Å². The summed E-state index contributed by atoms with van der Waals surface area (Å²) >= 11 is 12.5. The number of benzene rings is 3. The molecule has 10 heteroatoms. The number of carbonyl (C=O) groups excluding carboxylic acids is 2. The third kappa shape index (κ3) is 8.03. The fourth-order valence-electron chi connectivity index (χ4n) is 4.32. The van der Waals surface area contributed by atoms with Gasteiger partial charge < -0.3 is 10.2 Å². The molecule has 0 heterocycles. The predicted molar refractivity (Wildman–Crippen MR) is 166 cm³/mol. The Morgan fingerprint density at radius 2 is 1.54 bits per heavy atom. The molecule has 3 aromatic rings. The maximum atomic E-state index is 14.1. The first-order valence-electron chi connectivity index (χ1n) is 13.4. The van der Waals surface area contributed by atoms with Gasteiger partial charge in [-0.15, -0.1) is 0 Å². The molecular weight excluding hydrogens is 581 g/mol. The normalized spacial score (nSPS) is 12.9. The lowest BCUT2D eigenvalue weighted by atomic mass is 10.1. The number of rotatable bonds is 11. The molecule has 7 nitrogen and oxygen atoms in total. The third-order valence-corrected chi connectivity index (χ3v) is 9.39. The molecule has 0 aliphatic rings. The lowest BCUT2D eigenvalue weighted by Crippen LogP contribution is -2.52. The fourth-order valence-corrected chi connectivity index (χ4v) is 6.26. The molecule has 0 saturated carbocycles. The van der Waals surface area contributed by atoms with Gasteiger partial charge >= 0.3 is 0 Å². The van der Waals surface area contributed by atoms with E-state index in [2.05, 4.69) is 5.32 Å².